The van der Waals surface area contributed by atoms with Crippen LogP contribution in [-0.2, 0) is 4.79 Å². The quantitative estimate of drug-likeness (QED) is 0.641. The van der Waals surface area contributed by atoms with Crippen LogP contribution in [0.3, 0.4) is 0 Å². The number of carboxylic acids is 1. The van der Waals surface area contributed by atoms with E-state index in [1.165, 1.54) is 18.1 Å². The van der Waals surface area contributed by atoms with Gasteiger partial charge in [0.05, 0.1) is 5.52 Å². The molecule has 0 aliphatic rings. The van der Waals surface area contributed by atoms with Crippen molar-refractivity contribution in [1.29, 1.82) is 0 Å². The molecule has 0 aliphatic carbocycles. The number of hydrogen-bond donors (Lipinski definition) is 2. The first-order valence-corrected chi connectivity index (χ1v) is 6.39. The molecule has 1 unspecified atom stereocenters. The van der Waals surface area contributed by atoms with Crippen molar-refractivity contribution in [3.05, 3.63) is 30.1 Å². The van der Waals surface area contributed by atoms with Gasteiger partial charge in [0.1, 0.15) is 17.4 Å². The number of hydrogen-bond acceptors (Lipinski definition) is 5. The average molecular weight is 263 g/mol. The Balaban J connectivity index is 2.27. The highest BCUT2D eigenvalue weighted by Crippen LogP contribution is 2.25. The molecule has 6 heteroatoms. The topological polar surface area (TPSA) is 89.1 Å². The van der Waals surface area contributed by atoms with E-state index in [1.54, 1.807) is 0 Å². The standard InChI is InChI=1S/C12H13N3O2S/c1-7-2-3-10-8(4-7)11(15-6-14-10)18-5-9(13)12(16)17/h2-4,6,9H,5,13H2,1H3,(H,16,17). The highest BCUT2D eigenvalue weighted by molar-refractivity contribution is 7.99. The van der Waals surface area contributed by atoms with Gasteiger partial charge in [-0.05, 0) is 19.1 Å². The Kier molecular flexibility index (Phi) is 3.78. The van der Waals surface area contributed by atoms with Crippen molar-refractivity contribution in [2.75, 3.05) is 5.75 Å². The summed E-state index contributed by atoms with van der Waals surface area (Å²) in [6.07, 6.45) is 1.48. The average Bonchev–Trinajstić information content (AvgIpc) is 2.35. The molecule has 0 bridgehead atoms. The maximum absolute atomic E-state index is 10.7. The maximum atomic E-state index is 10.7. The van der Waals surface area contributed by atoms with Gasteiger partial charge < -0.3 is 10.8 Å². The molecule has 94 valence electrons. The van der Waals surface area contributed by atoms with Crippen molar-refractivity contribution in [3.8, 4) is 0 Å². The monoisotopic (exact) mass is 263 g/mol. The van der Waals surface area contributed by atoms with E-state index in [-0.39, 0.29) is 5.75 Å². The van der Waals surface area contributed by atoms with Gasteiger partial charge >= 0.3 is 5.97 Å². The van der Waals surface area contributed by atoms with E-state index in [9.17, 15) is 4.79 Å². The third-order valence-corrected chi connectivity index (χ3v) is 3.60. The summed E-state index contributed by atoms with van der Waals surface area (Å²) in [5.74, 6) is -0.716. The number of rotatable bonds is 4. The molecular formula is C12H13N3O2S. The number of carbonyl (C=O) groups is 1. The first-order chi connectivity index (χ1) is 8.58. The molecule has 0 spiro atoms. The number of nitrogens with two attached hydrogens (primary N) is 1. The second-order valence-corrected chi connectivity index (χ2v) is 4.96. The van der Waals surface area contributed by atoms with Gasteiger partial charge in [-0.15, -0.1) is 11.8 Å². The highest BCUT2D eigenvalue weighted by Gasteiger charge is 2.13. The van der Waals surface area contributed by atoms with Crippen molar-refractivity contribution in [2.24, 2.45) is 5.73 Å². The zero-order valence-electron chi connectivity index (χ0n) is 9.83. The zero-order valence-corrected chi connectivity index (χ0v) is 10.6. The molecule has 2 rings (SSSR count). The lowest BCUT2D eigenvalue weighted by atomic mass is 10.2. The van der Waals surface area contributed by atoms with Crippen LogP contribution in [-0.4, -0.2) is 32.8 Å². The second kappa shape index (κ2) is 5.32. The van der Waals surface area contributed by atoms with Crippen LogP contribution in [0.4, 0.5) is 0 Å². The lowest BCUT2D eigenvalue weighted by Gasteiger charge is -2.07. The summed E-state index contributed by atoms with van der Waals surface area (Å²) >= 11 is 1.34. The third-order valence-electron chi connectivity index (χ3n) is 2.47. The first-order valence-electron chi connectivity index (χ1n) is 5.40. The number of aryl methyl sites for hydroxylation is 1. The molecule has 0 saturated heterocycles. The van der Waals surface area contributed by atoms with Crippen LogP contribution in [0.25, 0.3) is 10.9 Å². The molecule has 0 fully saturated rings. The Morgan fingerprint density at radius 3 is 3.00 bits per heavy atom. The largest absolute Gasteiger partial charge is 0.480 e. The van der Waals surface area contributed by atoms with Crippen LogP contribution in [0.2, 0.25) is 0 Å². The minimum atomic E-state index is -1.00. The molecule has 2 aromatic rings. The molecule has 0 amide bonds. The molecule has 1 aromatic heterocycles. The molecular weight excluding hydrogens is 250 g/mol. The molecule has 3 N–H and O–H groups in total. The summed E-state index contributed by atoms with van der Waals surface area (Å²) in [4.78, 5) is 19.0. The fraction of sp³-hybridized carbons (Fsp3) is 0.250. The third kappa shape index (κ3) is 2.77. The van der Waals surface area contributed by atoms with E-state index >= 15 is 0 Å². The van der Waals surface area contributed by atoms with Gasteiger partial charge in [0.15, 0.2) is 0 Å². The smallest absolute Gasteiger partial charge is 0.321 e. The summed E-state index contributed by atoms with van der Waals surface area (Å²) in [7, 11) is 0. The summed E-state index contributed by atoms with van der Waals surface area (Å²) in [6, 6.07) is 5.01. The lowest BCUT2D eigenvalue weighted by Crippen LogP contribution is -2.32. The zero-order chi connectivity index (χ0) is 13.1. The van der Waals surface area contributed by atoms with Gasteiger partial charge in [0.2, 0.25) is 0 Å². The van der Waals surface area contributed by atoms with E-state index < -0.39 is 12.0 Å². The fourth-order valence-electron chi connectivity index (χ4n) is 1.50. The normalized spacial score (nSPS) is 12.6. The number of aliphatic carboxylic acids is 1. The Morgan fingerprint density at radius 2 is 2.28 bits per heavy atom. The SMILES string of the molecule is Cc1ccc2ncnc(SCC(N)C(=O)O)c2c1. The summed E-state index contributed by atoms with van der Waals surface area (Å²) in [6.45, 7) is 1.99. The van der Waals surface area contributed by atoms with E-state index in [0.29, 0.717) is 0 Å². The van der Waals surface area contributed by atoms with Gasteiger partial charge in [-0.2, -0.15) is 0 Å². The van der Waals surface area contributed by atoms with Crippen molar-refractivity contribution >= 4 is 28.6 Å². The molecule has 0 saturated carbocycles. The number of carboxylic acid groups (broad SMARTS) is 1. The van der Waals surface area contributed by atoms with Gasteiger partial charge in [-0.25, -0.2) is 9.97 Å². The molecule has 1 aromatic carbocycles. The Labute approximate surface area is 108 Å². The number of aromatic nitrogens is 2. The van der Waals surface area contributed by atoms with E-state index in [2.05, 4.69) is 9.97 Å². The minimum Gasteiger partial charge on any atom is -0.480 e. The number of fused-ring (bicyclic) bond motifs is 1. The van der Waals surface area contributed by atoms with E-state index in [1.807, 2.05) is 25.1 Å². The second-order valence-electron chi connectivity index (χ2n) is 3.96. The van der Waals surface area contributed by atoms with Crippen molar-refractivity contribution in [2.45, 2.75) is 18.0 Å². The van der Waals surface area contributed by atoms with Gasteiger partial charge in [0, 0.05) is 11.1 Å². The van der Waals surface area contributed by atoms with Gasteiger partial charge in [0.25, 0.3) is 0 Å². The predicted octanol–water partition coefficient (Wildman–Crippen LogP) is 1.44. The van der Waals surface area contributed by atoms with Crippen LogP contribution in [0.5, 0.6) is 0 Å². The van der Waals surface area contributed by atoms with Crippen molar-refractivity contribution in [1.82, 2.24) is 9.97 Å². The highest BCUT2D eigenvalue weighted by atomic mass is 32.2. The first kappa shape index (κ1) is 12.8. The van der Waals surface area contributed by atoms with E-state index in [4.69, 9.17) is 10.8 Å². The predicted molar refractivity (Wildman–Crippen MR) is 70.6 cm³/mol. The van der Waals surface area contributed by atoms with Crippen LogP contribution in [0, 0.1) is 6.92 Å². The Hall–Kier alpha value is -1.66. The molecule has 18 heavy (non-hydrogen) atoms. The Morgan fingerprint density at radius 1 is 1.50 bits per heavy atom. The van der Waals surface area contributed by atoms with E-state index in [0.717, 1.165) is 21.5 Å². The molecule has 1 atom stereocenters. The minimum absolute atomic E-state index is 0.287. The lowest BCUT2D eigenvalue weighted by molar-refractivity contribution is -0.137. The summed E-state index contributed by atoms with van der Waals surface area (Å²) in [5, 5.41) is 10.4. The summed E-state index contributed by atoms with van der Waals surface area (Å²) < 4.78 is 0. The van der Waals surface area contributed by atoms with Crippen LogP contribution in [0.15, 0.2) is 29.6 Å². The molecule has 5 nitrogen and oxygen atoms in total. The van der Waals surface area contributed by atoms with Crippen LogP contribution >= 0.6 is 11.8 Å². The Bertz CT molecular complexity index is 589. The molecule has 0 aliphatic heterocycles. The number of nitrogens with zero attached hydrogens (tertiary/aromatic N) is 2. The van der Waals surface area contributed by atoms with Crippen LogP contribution in [0.1, 0.15) is 5.56 Å². The summed E-state index contributed by atoms with van der Waals surface area (Å²) in [5.41, 5.74) is 7.44. The van der Waals surface area contributed by atoms with Gasteiger partial charge in [-0.3, -0.25) is 4.79 Å². The van der Waals surface area contributed by atoms with Crippen molar-refractivity contribution < 1.29 is 9.90 Å². The maximum Gasteiger partial charge on any atom is 0.321 e. The molecule has 0 radical (unpaired) electrons. The van der Waals surface area contributed by atoms with Gasteiger partial charge in [-0.1, -0.05) is 11.6 Å². The van der Waals surface area contributed by atoms with Crippen LogP contribution < -0.4 is 5.73 Å². The van der Waals surface area contributed by atoms with Crippen molar-refractivity contribution in [3.63, 3.8) is 0 Å². The number of thioether (sulfide) groups is 1. The fourth-order valence-corrected chi connectivity index (χ4v) is 2.42. The number of benzene rings is 1. The molecule has 1 heterocycles.